The average Bonchev–Trinajstić information content (AvgIpc) is 3.15. The van der Waals surface area contributed by atoms with Gasteiger partial charge in [0.05, 0.1) is 4.90 Å². The van der Waals surface area contributed by atoms with Crippen LogP contribution in [0, 0.1) is 0 Å². The highest BCUT2D eigenvalue weighted by molar-refractivity contribution is 7.89. The molecule has 2 heterocycles. The molecule has 2 aliphatic rings. The number of nitrogens with one attached hydrogen (secondary N) is 1. The zero-order chi connectivity index (χ0) is 18.6. The van der Waals surface area contributed by atoms with Crippen LogP contribution in [0.5, 0.6) is 0 Å². The number of hydrogen-bond acceptors (Lipinski definition) is 4. The highest BCUT2D eigenvalue weighted by Crippen LogP contribution is 2.21. The van der Waals surface area contributed by atoms with E-state index in [0.29, 0.717) is 25.2 Å². The van der Waals surface area contributed by atoms with Crippen LogP contribution in [0.2, 0.25) is 0 Å². The largest absolute Gasteiger partial charge is 0.351 e. The Hall–Kier alpha value is -1.70. The van der Waals surface area contributed by atoms with Crippen molar-refractivity contribution in [2.45, 2.75) is 31.1 Å². The van der Waals surface area contributed by atoms with E-state index in [1.165, 1.54) is 28.8 Å². The molecule has 0 atom stereocenters. The molecule has 7 heteroatoms. The van der Waals surface area contributed by atoms with Gasteiger partial charge < -0.3 is 10.2 Å². The fraction of sp³-hybridized carbons (Fsp3) is 0.526. The van der Waals surface area contributed by atoms with Gasteiger partial charge in [-0.3, -0.25) is 4.79 Å². The highest BCUT2D eigenvalue weighted by atomic mass is 32.2. The molecular weight excluding hydrogens is 350 g/mol. The topological polar surface area (TPSA) is 69.7 Å². The molecule has 2 aliphatic heterocycles. The minimum absolute atomic E-state index is 0.178. The molecule has 3 rings (SSSR count). The molecular formula is C19H27N3O3S. The van der Waals surface area contributed by atoms with Crippen molar-refractivity contribution in [3.63, 3.8) is 0 Å². The van der Waals surface area contributed by atoms with Gasteiger partial charge in [0.2, 0.25) is 10.0 Å². The van der Waals surface area contributed by atoms with Crippen molar-refractivity contribution >= 4 is 15.9 Å². The van der Waals surface area contributed by atoms with Gasteiger partial charge in [-0.25, -0.2) is 8.42 Å². The van der Waals surface area contributed by atoms with Crippen LogP contribution in [0.15, 0.2) is 40.8 Å². The lowest BCUT2D eigenvalue weighted by Crippen LogP contribution is -2.35. The molecule has 142 valence electrons. The highest BCUT2D eigenvalue weighted by Gasteiger charge is 2.26. The SMILES string of the molecule is CC1=CCN(S(=O)(=O)c2cccc(C(=O)NCCN3CCCC3)c2)CC1. The number of rotatable bonds is 6. The second kappa shape index (κ2) is 8.33. The maximum absolute atomic E-state index is 12.8. The van der Waals surface area contributed by atoms with Crippen molar-refractivity contribution in [2.75, 3.05) is 39.3 Å². The first-order chi connectivity index (χ1) is 12.5. The van der Waals surface area contributed by atoms with E-state index in [1.807, 2.05) is 13.0 Å². The molecule has 0 bridgehead atoms. The van der Waals surface area contributed by atoms with Gasteiger partial charge in [0.15, 0.2) is 0 Å². The van der Waals surface area contributed by atoms with Crippen LogP contribution in [0.3, 0.4) is 0 Å². The molecule has 26 heavy (non-hydrogen) atoms. The molecule has 0 aliphatic carbocycles. The molecule has 0 saturated carbocycles. The summed E-state index contributed by atoms with van der Waals surface area (Å²) in [6.45, 7) is 6.48. The van der Waals surface area contributed by atoms with Crippen LogP contribution in [0.1, 0.15) is 36.5 Å². The number of hydrogen-bond donors (Lipinski definition) is 1. The second-order valence-electron chi connectivity index (χ2n) is 7.00. The molecule has 1 N–H and O–H groups in total. The molecule has 1 aromatic rings. The fourth-order valence-corrected chi connectivity index (χ4v) is 4.78. The van der Waals surface area contributed by atoms with E-state index in [4.69, 9.17) is 0 Å². The van der Waals surface area contributed by atoms with Gasteiger partial charge in [0.1, 0.15) is 0 Å². The standard InChI is InChI=1S/C19H27N3O3S/c1-16-7-12-22(13-8-16)26(24,25)18-6-4-5-17(15-18)19(23)20-9-14-21-10-2-3-11-21/h4-7,15H,2-3,8-14H2,1H3,(H,20,23). The normalized spacial score (nSPS) is 19.3. The molecule has 0 aromatic heterocycles. The molecule has 1 fully saturated rings. The number of sulfonamides is 1. The van der Waals surface area contributed by atoms with Crippen molar-refractivity contribution in [1.82, 2.24) is 14.5 Å². The summed E-state index contributed by atoms with van der Waals surface area (Å²) >= 11 is 0. The lowest BCUT2D eigenvalue weighted by atomic mass is 10.1. The van der Waals surface area contributed by atoms with Crippen LogP contribution in [0.4, 0.5) is 0 Å². The quantitative estimate of drug-likeness (QED) is 0.768. The minimum atomic E-state index is -3.57. The number of amides is 1. The summed E-state index contributed by atoms with van der Waals surface area (Å²) < 4.78 is 27.1. The molecule has 1 amide bonds. The molecule has 1 saturated heterocycles. The van der Waals surface area contributed by atoms with E-state index in [1.54, 1.807) is 18.2 Å². The van der Waals surface area contributed by atoms with Gasteiger partial charge in [-0.15, -0.1) is 0 Å². The number of benzene rings is 1. The molecule has 0 radical (unpaired) electrons. The molecule has 0 unspecified atom stereocenters. The first-order valence-corrected chi connectivity index (χ1v) is 10.7. The third kappa shape index (κ3) is 4.52. The van der Waals surface area contributed by atoms with E-state index in [0.717, 1.165) is 26.1 Å². The van der Waals surface area contributed by atoms with Gasteiger partial charge in [-0.2, -0.15) is 4.31 Å². The summed E-state index contributed by atoms with van der Waals surface area (Å²) in [4.78, 5) is 14.9. The molecule has 1 aromatic carbocycles. The molecule has 6 nitrogen and oxygen atoms in total. The van der Waals surface area contributed by atoms with Crippen molar-refractivity contribution in [1.29, 1.82) is 0 Å². The zero-order valence-corrected chi connectivity index (χ0v) is 16.1. The Kier molecular flexibility index (Phi) is 6.11. The Bertz CT molecular complexity index is 783. The molecule has 0 spiro atoms. The lowest BCUT2D eigenvalue weighted by Gasteiger charge is -2.25. The monoisotopic (exact) mass is 377 g/mol. The van der Waals surface area contributed by atoms with Crippen molar-refractivity contribution in [3.8, 4) is 0 Å². The van der Waals surface area contributed by atoms with E-state index in [-0.39, 0.29) is 10.8 Å². The Morgan fingerprint density at radius 1 is 1.19 bits per heavy atom. The van der Waals surface area contributed by atoms with Crippen LogP contribution < -0.4 is 5.32 Å². The minimum Gasteiger partial charge on any atom is -0.351 e. The van der Waals surface area contributed by atoms with Crippen LogP contribution in [-0.2, 0) is 10.0 Å². The Balaban J connectivity index is 1.64. The summed E-state index contributed by atoms with van der Waals surface area (Å²) in [6, 6.07) is 6.32. The second-order valence-corrected chi connectivity index (χ2v) is 8.93. The average molecular weight is 378 g/mol. The number of nitrogens with zero attached hydrogens (tertiary/aromatic N) is 2. The van der Waals surface area contributed by atoms with Gasteiger partial charge in [-0.05, 0) is 57.5 Å². The third-order valence-corrected chi connectivity index (χ3v) is 6.91. The number of carbonyl (C=O) groups excluding carboxylic acids is 1. The first-order valence-electron chi connectivity index (χ1n) is 9.23. The van der Waals surface area contributed by atoms with Crippen molar-refractivity contribution < 1.29 is 13.2 Å². The van der Waals surface area contributed by atoms with Gasteiger partial charge in [0.25, 0.3) is 5.91 Å². The van der Waals surface area contributed by atoms with Crippen LogP contribution in [0.25, 0.3) is 0 Å². The van der Waals surface area contributed by atoms with E-state index in [2.05, 4.69) is 10.2 Å². The maximum Gasteiger partial charge on any atom is 0.251 e. The van der Waals surface area contributed by atoms with Crippen LogP contribution >= 0.6 is 0 Å². The predicted molar refractivity (Wildman–Crippen MR) is 102 cm³/mol. The van der Waals surface area contributed by atoms with Gasteiger partial charge in [-0.1, -0.05) is 17.7 Å². The van der Waals surface area contributed by atoms with Gasteiger partial charge in [0, 0.05) is 31.7 Å². The van der Waals surface area contributed by atoms with Crippen molar-refractivity contribution in [2.24, 2.45) is 0 Å². The predicted octanol–water partition coefficient (Wildman–Crippen LogP) is 1.85. The summed E-state index contributed by atoms with van der Waals surface area (Å²) in [7, 11) is -3.57. The van der Waals surface area contributed by atoms with E-state index < -0.39 is 10.0 Å². The summed E-state index contributed by atoms with van der Waals surface area (Å²) in [6.07, 6.45) is 5.13. The van der Waals surface area contributed by atoms with Gasteiger partial charge >= 0.3 is 0 Å². The number of likely N-dealkylation sites (tertiary alicyclic amines) is 1. The van der Waals surface area contributed by atoms with Crippen LogP contribution in [-0.4, -0.2) is 62.8 Å². The number of carbonyl (C=O) groups is 1. The maximum atomic E-state index is 12.8. The Labute approximate surface area is 155 Å². The van der Waals surface area contributed by atoms with Crippen molar-refractivity contribution in [3.05, 3.63) is 41.5 Å². The zero-order valence-electron chi connectivity index (χ0n) is 15.3. The fourth-order valence-electron chi connectivity index (χ4n) is 3.35. The summed E-state index contributed by atoms with van der Waals surface area (Å²) in [5.41, 5.74) is 1.60. The summed E-state index contributed by atoms with van der Waals surface area (Å²) in [5, 5.41) is 2.89. The smallest absolute Gasteiger partial charge is 0.251 e. The van der Waals surface area contributed by atoms with E-state index in [9.17, 15) is 13.2 Å². The van der Waals surface area contributed by atoms with E-state index >= 15 is 0 Å². The third-order valence-electron chi connectivity index (χ3n) is 5.05. The Morgan fingerprint density at radius 3 is 2.65 bits per heavy atom. The summed E-state index contributed by atoms with van der Waals surface area (Å²) in [5.74, 6) is -0.226. The lowest BCUT2D eigenvalue weighted by molar-refractivity contribution is 0.0949. The first kappa shape index (κ1) is 19.1. The Morgan fingerprint density at radius 2 is 1.96 bits per heavy atom.